The van der Waals surface area contributed by atoms with Gasteiger partial charge in [-0.1, -0.05) is 49.2 Å². The van der Waals surface area contributed by atoms with Crippen molar-refractivity contribution in [3.63, 3.8) is 0 Å². The number of thiazole rings is 1. The first-order valence-electron chi connectivity index (χ1n) is 10.1. The van der Waals surface area contributed by atoms with Crippen LogP contribution in [0.1, 0.15) is 41.9 Å². The summed E-state index contributed by atoms with van der Waals surface area (Å²) in [4.78, 5) is 36.1. The van der Waals surface area contributed by atoms with E-state index < -0.39 is 5.97 Å². The fraction of sp³-hybridized carbons (Fsp3) is 0.304. The molecule has 0 unspecified atom stereocenters. The van der Waals surface area contributed by atoms with Crippen molar-refractivity contribution in [3.8, 4) is 21.7 Å². The zero-order chi connectivity index (χ0) is 20.9. The van der Waals surface area contributed by atoms with E-state index in [1.165, 1.54) is 11.3 Å². The minimum absolute atomic E-state index is 0.0609. The molecule has 30 heavy (non-hydrogen) atoms. The lowest BCUT2D eigenvalue weighted by molar-refractivity contribution is -0.137. The number of hydrogen-bond donors (Lipinski definition) is 1. The van der Waals surface area contributed by atoms with Crippen LogP contribution in [0.25, 0.3) is 21.7 Å². The Morgan fingerprint density at radius 1 is 1.07 bits per heavy atom. The largest absolute Gasteiger partial charge is 0.481 e. The van der Waals surface area contributed by atoms with Crippen LogP contribution in [-0.2, 0) is 4.79 Å². The van der Waals surface area contributed by atoms with Crippen molar-refractivity contribution >= 4 is 23.2 Å². The summed E-state index contributed by atoms with van der Waals surface area (Å²) >= 11 is 1.35. The Morgan fingerprint density at radius 3 is 2.47 bits per heavy atom. The first kappa shape index (κ1) is 20.2. The number of aromatic nitrogens is 2. The van der Waals surface area contributed by atoms with Crippen LogP contribution in [0.2, 0.25) is 0 Å². The second-order valence-electron chi connectivity index (χ2n) is 7.39. The van der Waals surface area contributed by atoms with Crippen LogP contribution in [0.15, 0.2) is 54.9 Å². The molecule has 0 bridgehead atoms. The van der Waals surface area contributed by atoms with Gasteiger partial charge in [0, 0.05) is 36.1 Å². The van der Waals surface area contributed by atoms with Gasteiger partial charge in [-0.25, -0.2) is 4.98 Å². The molecule has 1 saturated carbocycles. The predicted octanol–water partition coefficient (Wildman–Crippen LogP) is 4.73. The van der Waals surface area contributed by atoms with Gasteiger partial charge in [0.2, 0.25) is 0 Å². The van der Waals surface area contributed by atoms with E-state index in [1.54, 1.807) is 17.3 Å². The number of aliphatic carboxylic acids is 1. The Labute approximate surface area is 179 Å². The maximum Gasteiger partial charge on any atom is 0.305 e. The molecule has 1 aliphatic rings. The summed E-state index contributed by atoms with van der Waals surface area (Å²) in [6.45, 7) is 0.210. The van der Waals surface area contributed by atoms with Crippen LogP contribution in [0.4, 0.5) is 0 Å². The number of carboxylic acids is 1. The van der Waals surface area contributed by atoms with Gasteiger partial charge in [0.15, 0.2) is 5.01 Å². The van der Waals surface area contributed by atoms with Crippen molar-refractivity contribution in [2.75, 3.05) is 6.54 Å². The fourth-order valence-corrected chi connectivity index (χ4v) is 4.93. The lowest BCUT2D eigenvalue weighted by Gasteiger charge is -2.27. The molecule has 0 radical (unpaired) electrons. The number of hydrogen-bond acceptors (Lipinski definition) is 5. The molecule has 4 rings (SSSR count). The molecule has 0 spiro atoms. The van der Waals surface area contributed by atoms with E-state index in [-0.39, 0.29) is 24.9 Å². The molecule has 0 atom stereocenters. The van der Waals surface area contributed by atoms with Gasteiger partial charge in [-0.05, 0) is 18.9 Å². The molecule has 7 heteroatoms. The molecule has 2 aromatic heterocycles. The van der Waals surface area contributed by atoms with Crippen LogP contribution >= 0.6 is 11.3 Å². The van der Waals surface area contributed by atoms with Crippen LogP contribution in [0, 0.1) is 0 Å². The zero-order valence-electron chi connectivity index (χ0n) is 16.5. The zero-order valence-corrected chi connectivity index (χ0v) is 17.3. The Balaban J connectivity index is 1.73. The summed E-state index contributed by atoms with van der Waals surface area (Å²) in [5, 5.41) is 9.54. The predicted molar refractivity (Wildman–Crippen MR) is 116 cm³/mol. The molecule has 1 aromatic carbocycles. The van der Waals surface area contributed by atoms with E-state index in [9.17, 15) is 9.59 Å². The highest BCUT2D eigenvalue weighted by Gasteiger charge is 2.30. The number of carbonyl (C=O) groups excluding carboxylic acids is 1. The highest BCUT2D eigenvalue weighted by molar-refractivity contribution is 7.17. The molecule has 2 heterocycles. The second-order valence-corrected chi connectivity index (χ2v) is 8.38. The summed E-state index contributed by atoms with van der Waals surface area (Å²) in [5.41, 5.74) is 2.59. The van der Waals surface area contributed by atoms with Crippen molar-refractivity contribution < 1.29 is 14.7 Å². The van der Waals surface area contributed by atoms with E-state index >= 15 is 0 Å². The average molecular weight is 422 g/mol. The van der Waals surface area contributed by atoms with Gasteiger partial charge in [0.1, 0.15) is 0 Å². The maximum atomic E-state index is 13.4. The Morgan fingerprint density at radius 2 is 1.80 bits per heavy atom. The Bertz CT molecular complexity index is 958. The lowest BCUT2D eigenvalue weighted by atomic mass is 10.1. The van der Waals surface area contributed by atoms with Crippen LogP contribution in [0.3, 0.4) is 0 Å². The maximum absolute atomic E-state index is 13.4. The topological polar surface area (TPSA) is 83.4 Å². The van der Waals surface area contributed by atoms with Crippen LogP contribution in [-0.4, -0.2) is 44.4 Å². The van der Waals surface area contributed by atoms with Crippen molar-refractivity contribution in [2.45, 2.75) is 38.1 Å². The summed E-state index contributed by atoms with van der Waals surface area (Å²) in [5.74, 6) is -1.08. The normalized spacial score (nSPS) is 14.0. The van der Waals surface area contributed by atoms with Crippen molar-refractivity contribution in [3.05, 3.63) is 59.9 Å². The Hall–Kier alpha value is -3.06. The fourth-order valence-electron chi connectivity index (χ4n) is 3.90. The number of carboxylic acid groups (broad SMARTS) is 1. The van der Waals surface area contributed by atoms with Gasteiger partial charge < -0.3 is 10.0 Å². The van der Waals surface area contributed by atoms with Gasteiger partial charge in [-0.15, -0.1) is 11.3 Å². The molecule has 0 aliphatic heterocycles. The van der Waals surface area contributed by atoms with Crippen molar-refractivity contribution in [1.29, 1.82) is 0 Å². The summed E-state index contributed by atoms with van der Waals surface area (Å²) in [7, 11) is 0. The van der Waals surface area contributed by atoms with Gasteiger partial charge in [-0.3, -0.25) is 14.6 Å². The summed E-state index contributed by atoms with van der Waals surface area (Å²) in [6.07, 6.45) is 7.38. The summed E-state index contributed by atoms with van der Waals surface area (Å²) < 4.78 is 0. The molecule has 3 aromatic rings. The summed E-state index contributed by atoms with van der Waals surface area (Å²) in [6, 6.07) is 13.7. The SMILES string of the molecule is O=C(O)CCN(C(=O)c1nc(-c2ccccc2)c(-c2cccnc2)s1)C1CCCC1. The van der Waals surface area contributed by atoms with Gasteiger partial charge in [0.25, 0.3) is 5.91 Å². The number of nitrogens with zero attached hydrogens (tertiary/aromatic N) is 3. The average Bonchev–Trinajstić information content (AvgIpc) is 3.45. The molecule has 1 fully saturated rings. The standard InChI is InChI=1S/C23H23N3O3S/c27-19(28)12-14-26(18-10-4-5-11-18)23(29)22-25-20(16-7-2-1-3-8-16)21(30-22)17-9-6-13-24-15-17/h1-3,6-9,13,15,18H,4-5,10-12,14H2,(H,27,28). The minimum Gasteiger partial charge on any atom is -0.481 e. The number of carbonyl (C=O) groups is 2. The number of rotatable bonds is 7. The molecule has 0 saturated heterocycles. The van der Waals surface area contributed by atoms with Crippen molar-refractivity contribution in [2.24, 2.45) is 0 Å². The van der Waals surface area contributed by atoms with E-state index in [0.29, 0.717) is 5.01 Å². The molecule has 1 N–H and O–H groups in total. The smallest absolute Gasteiger partial charge is 0.305 e. The van der Waals surface area contributed by atoms with Crippen molar-refractivity contribution in [1.82, 2.24) is 14.9 Å². The third kappa shape index (κ3) is 4.41. The van der Waals surface area contributed by atoms with E-state index in [0.717, 1.165) is 47.4 Å². The van der Waals surface area contributed by atoms with Crippen LogP contribution < -0.4 is 0 Å². The van der Waals surface area contributed by atoms with Gasteiger partial charge >= 0.3 is 5.97 Å². The second kappa shape index (κ2) is 9.17. The molecule has 1 amide bonds. The van der Waals surface area contributed by atoms with Crippen LogP contribution in [0.5, 0.6) is 0 Å². The Kier molecular flexibility index (Phi) is 6.18. The highest BCUT2D eigenvalue weighted by atomic mass is 32.1. The number of benzene rings is 1. The highest BCUT2D eigenvalue weighted by Crippen LogP contribution is 2.37. The van der Waals surface area contributed by atoms with Gasteiger partial charge in [-0.2, -0.15) is 0 Å². The number of pyridine rings is 1. The molecular formula is C23H23N3O3S. The van der Waals surface area contributed by atoms with Gasteiger partial charge in [0.05, 0.1) is 17.0 Å². The quantitative estimate of drug-likeness (QED) is 0.596. The molecule has 154 valence electrons. The molecule has 1 aliphatic carbocycles. The monoisotopic (exact) mass is 421 g/mol. The lowest BCUT2D eigenvalue weighted by Crippen LogP contribution is -2.40. The minimum atomic E-state index is -0.897. The first-order chi connectivity index (χ1) is 14.6. The molecule has 6 nitrogen and oxygen atoms in total. The third-order valence-corrected chi connectivity index (χ3v) is 6.47. The third-order valence-electron chi connectivity index (χ3n) is 5.37. The number of amides is 1. The van der Waals surface area contributed by atoms with E-state index in [1.807, 2.05) is 42.5 Å². The van der Waals surface area contributed by atoms with E-state index in [4.69, 9.17) is 10.1 Å². The molecular weight excluding hydrogens is 398 g/mol. The van der Waals surface area contributed by atoms with E-state index in [2.05, 4.69) is 4.98 Å². The first-order valence-corrected chi connectivity index (χ1v) is 10.9.